The van der Waals surface area contributed by atoms with Crippen LogP contribution >= 0.6 is 11.3 Å². The van der Waals surface area contributed by atoms with E-state index < -0.39 is 11.6 Å². The number of carbonyl (C=O) groups is 2. The largest absolute Gasteiger partial charge is 0.364 e. The average Bonchev–Trinajstić information content (AvgIpc) is 3.40. The minimum absolute atomic E-state index is 0.0472. The fourth-order valence-electron chi connectivity index (χ4n) is 4.32. The summed E-state index contributed by atoms with van der Waals surface area (Å²) in [4.78, 5) is 49.5. The Balaban J connectivity index is 1.85. The Morgan fingerprint density at radius 3 is 2.68 bits per heavy atom. The van der Waals surface area contributed by atoms with E-state index in [0.29, 0.717) is 24.6 Å². The van der Waals surface area contributed by atoms with Crippen molar-refractivity contribution in [2.24, 2.45) is 5.73 Å². The Labute approximate surface area is 183 Å². The first-order chi connectivity index (χ1) is 15.0. The van der Waals surface area contributed by atoms with Gasteiger partial charge in [0.1, 0.15) is 12.1 Å². The van der Waals surface area contributed by atoms with Gasteiger partial charge in [0.05, 0.1) is 0 Å². The summed E-state index contributed by atoms with van der Waals surface area (Å²) < 4.78 is 2.76. The zero-order valence-corrected chi connectivity index (χ0v) is 18.5. The molecule has 4 heterocycles. The number of aryl methyl sites for hydroxylation is 1. The molecule has 0 saturated carbocycles. The Bertz CT molecular complexity index is 1180. The second-order valence-corrected chi connectivity index (χ2v) is 8.48. The summed E-state index contributed by atoms with van der Waals surface area (Å²) >= 11 is 1.48. The summed E-state index contributed by atoms with van der Waals surface area (Å²) in [5, 5.41) is 3.74. The molecule has 1 fully saturated rings. The number of primary amides is 1. The summed E-state index contributed by atoms with van der Waals surface area (Å²) in [5.41, 5.74) is 6.48. The van der Waals surface area contributed by atoms with Crippen LogP contribution in [0.3, 0.4) is 0 Å². The maximum Gasteiger partial charge on any atom is 0.330 e. The number of piperidine rings is 1. The number of rotatable bonds is 6. The van der Waals surface area contributed by atoms with Gasteiger partial charge in [-0.05, 0) is 44.1 Å². The average molecular weight is 443 g/mol. The van der Waals surface area contributed by atoms with Crippen molar-refractivity contribution in [2.75, 3.05) is 6.54 Å². The Morgan fingerprint density at radius 1 is 1.23 bits per heavy atom. The lowest BCUT2D eigenvalue weighted by Gasteiger charge is -2.35. The molecule has 10 heteroatoms. The first kappa shape index (κ1) is 21.2. The van der Waals surface area contributed by atoms with E-state index in [1.807, 2.05) is 28.7 Å². The first-order valence-electron chi connectivity index (χ1n) is 10.6. The molecule has 1 aliphatic heterocycles. The molecule has 0 spiro atoms. The molecule has 0 bridgehead atoms. The Morgan fingerprint density at radius 2 is 2.03 bits per heavy atom. The second kappa shape index (κ2) is 8.62. The van der Waals surface area contributed by atoms with Crippen LogP contribution in [-0.4, -0.2) is 48.4 Å². The zero-order chi connectivity index (χ0) is 22.1. The zero-order valence-electron chi connectivity index (χ0n) is 17.7. The molecule has 0 aliphatic carbocycles. The van der Waals surface area contributed by atoms with Crippen LogP contribution in [0.4, 0.5) is 0 Å². The van der Waals surface area contributed by atoms with E-state index in [4.69, 9.17) is 5.73 Å². The number of carbonyl (C=O) groups excluding carboxylic acids is 2. The number of aromatic nitrogens is 4. The van der Waals surface area contributed by atoms with E-state index in [9.17, 15) is 14.4 Å². The molecule has 3 aromatic rings. The topological polar surface area (TPSA) is 116 Å². The van der Waals surface area contributed by atoms with Crippen molar-refractivity contribution >= 4 is 34.3 Å². The summed E-state index contributed by atoms with van der Waals surface area (Å²) in [6.45, 7) is 4.74. The molecule has 9 nitrogen and oxygen atoms in total. The highest BCUT2D eigenvalue weighted by molar-refractivity contribution is 7.08. The fourth-order valence-corrected chi connectivity index (χ4v) is 4.95. The van der Waals surface area contributed by atoms with Crippen LogP contribution in [0.25, 0.3) is 22.6 Å². The summed E-state index contributed by atoms with van der Waals surface area (Å²) in [6.07, 6.45) is 3.89. The lowest BCUT2D eigenvalue weighted by atomic mass is 10.00. The van der Waals surface area contributed by atoms with E-state index in [0.717, 1.165) is 31.2 Å². The molecule has 0 aromatic carbocycles. The van der Waals surface area contributed by atoms with E-state index in [1.54, 1.807) is 0 Å². The van der Waals surface area contributed by atoms with E-state index >= 15 is 0 Å². The molecular weight excluding hydrogens is 416 g/mol. The van der Waals surface area contributed by atoms with Gasteiger partial charge in [-0.3, -0.25) is 18.7 Å². The summed E-state index contributed by atoms with van der Waals surface area (Å²) in [6, 6.07) is 2.01. The fraction of sp³-hybridized carbons (Fsp3) is 0.476. The third kappa shape index (κ3) is 3.76. The van der Waals surface area contributed by atoms with Gasteiger partial charge in [-0.1, -0.05) is 6.92 Å². The number of thiophene rings is 1. The molecule has 1 aliphatic rings. The number of nitrogens with two attached hydrogens (primary N) is 1. The number of imidazole rings is 1. The molecule has 31 heavy (non-hydrogen) atoms. The van der Waals surface area contributed by atoms with Crippen molar-refractivity contribution in [3.8, 4) is 11.4 Å². The van der Waals surface area contributed by atoms with Gasteiger partial charge in [-0.15, -0.1) is 0 Å². The van der Waals surface area contributed by atoms with Gasteiger partial charge in [-0.25, -0.2) is 14.8 Å². The van der Waals surface area contributed by atoms with Crippen LogP contribution in [0.15, 0.2) is 21.6 Å². The van der Waals surface area contributed by atoms with Gasteiger partial charge < -0.3 is 10.6 Å². The Hall–Kier alpha value is -3.01. The summed E-state index contributed by atoms with van der Waals surface area (Å²) in [7, 11) is 0. The molecule has 0 unspecified atom stereocenters. The van der Waals surface area contributed by atoms with E-state index in [1.165, 1.54) is 20.5 Å². The number of amides is 2. The third-order valence-corrected chi connectivity index (χ3v) is 6.58. The van der Waals surface area contributed by atoms with Crippen molar-refractivity contribution in [3.63, 3.8) is 0 Å². The van der Waals surface area contributed by atoms with Gasteiger partial charge in [0.2, 0.25) is 5.91 Å². The predicted octanol–water partition coefficient (Wildman–Crippen LogP) is 2.23. The monoisotopic (exact) mass is 442 g/mol. The van der Waals surface area contributed by atoms with Crippen molar-refractivity contribution in [3.05, 3.63) is 33.0 Å². The van der Waals surface area contributed by atoms with Gasteiger partial charge in [0, 0.05) is 30.1 Å². The number of hydrogen-bond acceptors (Lipinski definition) is 6. The van der Waals surface area contributed by atoms with Crippen LogP contribution < -0.4 is 11.4 Å². The maximum absolute atomic E-state index is 13.2. The van der Waals surface area contributed by atoms with Crippen molar-refractivity contribution in [2.45, 2.75) is 58.7 Å². The molecule has 0 radical (unpaired) electrons. The minimum atomic E-state index is -0.761. The maximum atomic E-state index is 13.2. The molecule has 1 saturated heterocycles. The van der Waals surface area contributed by atoms with Gasteiger partial charge >= 0.3 is 5.69 Å². The SMILES string of the molecule is CC[C@@H]1CCCCN1C(=O)Cn1c(=O)n(CC)c2nc(-c3ccsc3)nc(C(N)=O)c21. The quantitative estimate of drug-likeness (QED) is 0.628. The molecule has 1 atom stereocenters. The lowest BCUT2D eigenvalue weighted by molar-refractivity contribution is -0.135. The van der Waals surface area contributed by atoms with Crippen LogP contribution in [-0.2, 0) is 17.9 Å². The van der Waals surface area contributed by atoms with Gasteiger partial charge in [-0.2, -0.15) is 11.3 Å². The van der Waals surface area contributed by atoms with Crippen molar-refractivity contribution in [1.82, 2.24) is 24.0 Å². The normalized spacial score (nSPS) is 16.7. The number of nitrogens with zero attached hydrogens (tertiary/aromatic N) is 5. The molecular formula is C21H26N6O3S. The van der Waals surface area contributed by atoms with E-state index in [-0.39, 0.29) is 29.7 Å². The van der Waals surface area contributed by atoms with Gasteiger partial charge in [0.25, 0.3) is 5.91 Å². The summed E-state index contributed by atoms with van der Waals surface area (Å²) in [5.74, 6) is -0.570. The number of likely N-dealkylation sites (tertiary alicyclic amines) is 1. The molecule has 2 N–H and O–H groups in total. The van der Waals surface area contributed by atoms with Crippen molar-refractivity contribution < 1.29 is 9.59 Å². The van der Waals surface area contributed by atoms with Crippen LogP contribution in [0.2, 0.25) is 0 Å². The van der Waals surface area contributed by atoms with E-state index in [2.05, 4.69) is 16.9 Å². The first-order valence-corrected chi connectivity index (χ1v) is 11.5. The number of fused-ring (bicyclic) bond motifs is 1. The highest BCUT2D eigenvalue weighted by Crippen LogP contribution is 2.24. The highest BCUT2D eigenvalue weighted by Gasteiger charge is 2.29. The highest BCUT2D eigenvalue weighted by atomic mass is 32.1. The standard InChI is InChI=1S/C21H26N6O3S/c1-3-14-7-5-6-9-26(14)15(28)11-27-17-16(18(22)29)23-19(13-8-10-31-12-13)24-20(17)25(4-2)21(27)30/h8,10,12,14H,3-7,9,11H2,1-2H3,(H2,22,29)/t14-/m1/s1. The van der Waals surface area contributed by atoms with Crippen LogP contribution in [0.1, 0.15) is 50.0 Å². The predicted molar refractivity (Wildman–Crippen MR) is 119 cm³/mol. The molecule has 2 amide bonds. The molecule has 3 aromatic heterocycles. The van der Waals surface area contributed by atoms with Gasteiger partial charge in [0.15, 0.2) is 17.2 Å². The van der Waals surface area contributed by atoms with Crippen LogP contribution in [0.5, 0.6) is 0 Å². The number of hydrogen-bond donors (Lipinski definition) is 1. The molecule has 4 rings (SSSR count). The smallest absolute Gasteiger partial charge is 0.330 e. The lowest BCUT2D eigenvalue weighted by Crippen LogP contribution is -2.45. The Kier molecular flexibility index (Phi) is 5.90. The minimum Gasteiger partial charge on any atom is -0.364 e. The van der Waals surface area contributed by atoms with Crippen molar-refractivity contribution in [1.29, 1.82) is 0 Å². The molecule has 164 valence electrons. The second-order valence-electron chi connectivity index (χ2n) is 7.70. The third-order valence-electron chi connectivity index (χ3n) is 5.89. The van der Waals surface area contributed by atoms with Crippen LogP contribution in [0, 0.1) is 0 Å².